The minimum atomic E-state index is -0.0932. The van der Waals surface area contributed by atoms with Gasteiger partial charge in [0, 0.05) is 17.8 Å². The van der Waals surface area contributed by atoms with Crippen molar-refractivity contribution in [1.82, 2.24) is 5.32 Å². The van der Waals surface area contributed by atoms with Gasteiger partial charge in [0.15, 0.2) is 5.84 Å². The third-order valence-corrected chi connectivity index (χ3v) is 3.07. The predicted molar refractivity (Wildman–Crippen MR) is 85.7 cm³/mol. The van der Waals surface area contributed by atoms with Gasteiger partial charge in [-0.25, -0.2) is 0 Å². The van der Waals surface area contributed by atoms with Gasteiger partial charge in [-0.05, 0) is 29.8 Å². The molecule has 5 N–H and O–H groups in total. The summed E-state index contributed by atoms with van der Waals surface area (Å²) in [5.41, 5.74) is 7.93. The van der Waals surface area contributed by atoms with Gasteiger partial charge in [-0.3, -0.25) is 4.79 Å². The number of amidine groups is 1. The number of hydrogen-bond donors (Lipinski definition) is 4. The molecule has 2 rings (SSSR count). The summed E-state index contributed by atoms with van der Waals surface area (Å²) >= 11 is 0. The smallest absolute Gasteiger partial charge is 0.239 e. The molecule has 0 aliphatic carbocycles. The average Bonchev–Trinajstić information content (AvgIpc) is 2.58. The summed E-state index contributed by atoms with van der Waals surface area (Å²) in [6.45, 7) is 0.680. The molecule has 0 aliphatic rings. The van der Waals surface area contributed by atoms with Crippen LogP contribution in [0.5, 0.6) is 0 Å². The molecule has 6 heteroatoms. The molecule has 2 aromatic rings. The number of hydrogen-bond acceptors (Lipinski definition) is 4. The van der Waals surface area contributed by atoms with Crippen molar-refractivity contribution < 1.29 is 10.0 Å². The molecule has 0 spiro atoms. The van der Waals surface area contributed by atoms with Crippen molar-refractivity contribution in [3.05, 3.63) is 65.7 Å². The quantitative estimate of drug-likeness (QED) is 0.281. The minimum Gasteiger partial charge on any atom is -0.409 e. The van der Waals surface area contributed by atoms with Gasteiger partial charge in [0.1, 0.15) is 0 Å². The number of nitrogens with one attached hydrogen (secondary N) is 2. The van der Waals surface area contributed by atoms with Crippen LogP contribution in [0, 0.1) is 0 Å². The van der Waals surface area contributed by atoms with Gasteiger partial charge in [-0.15, -0.1) is 0 Å². The van der Waals surface area contributed by atoms with Crippen LogP contribution in [0.1, 0.15) is 11.1 Å². The molecule has 0 bridgehead atoms. The van der Waals surface area contributed by atoms with E-state index in [-0.39, 0.29) is 18.3 Å². The number of amides is 1. The van der Waals surface area contributed by atoms with Crippen molar-refractivity contribution >= 4 is 17.4 Å². The van der Waals surface area contributed by atoms with Gasteiger partial charge < -0.3 is 21.6 Å². The van der Waals surface area contributed by atoms with E-state index in [1.807, 2.05) is 30.3 Å². The van der Waals surface area contributed by atoms with Crippen LogP contribution in [-0.4, -0.2) is 23.5 Å². The zero-order valence-corrected chi connectivity index (χ0v) is 12.0. The summed E-state index contributed by atoms with van der Waals surface area (Å²) < 4.78 is 0. The van der Waals surface area contributed by atoms with E-state index in [0.717, 1.165) is 11.3 Å². The highest BCUT2D eigenvalue weighted by Crippen LogP contribution is 2.08. The van der Waals surface area contributed by atoms with Gasteiger partial charge in [-0.1, -0.05) is 35.5 Å². The molecule has 0 aliphatic heterocycles. The largest absolute Gasteiger partial charge is 0.409 e. The Bertz CT molecular complexity index is 639. The highest BCUT2D eigenvalue weighted by Gasteiger charge is 2.02. The maximum Gasteiger partial charge on any atom is 0.239 e. The molecule has 1 amide bonds. The highest BCUT2D eigenvalue weighted by molar-refractivity contribution is 5.97. The van der Waals surface area contributed by atoms with E-state index in [0.29, 0.717) is 12.1 Å². The van der Waals surface area contributed by atoms with Crippen LogP contribution in [0.3, 0.4) is 0 Å². The molecule has 0 atom stereocenters. The summed E-state index contributed by atoms with van der Waals surface area (Å²) in [4.78, 5) is 11.8. The second-order valence-corrected chi connectivity index (χ2v) is 4.68. The Morgan fingerprint density at radius 1 is 1.09 bits per heavy atom. The molecule has 0 aromatic heterocycles. The van der Waals surface area contributed by atoms with E-state index in [4.69, 9.17) is 10.9 Å². The first-order valence-corrected chi connectivity index (χ1v) is 6.81. The molecule has 0 saturated carbocycles. The van der Waals surface area contributed by atoms with E-state index in [9.17, 15) is 4.79 Å². The molecule has 0 saturated heterocycles. The van der Waals surface area contributed by atoms with Crippen molar-refractivity contribution in [2.24, 2.45) is 10.9 Å². The summed E-state index contributed by atoms with van der Waals surface area (Å²) in [5.74, 6) is -0.0449. The van der Waals surface area contributed by atoms with Crippen LogP contribution in [0.25, 0.3) is 0 Å². The van der Waals surface area contributed by atoms with Crippen molar-refractivity contribution in [2.75, 3.05) is 11.9 Å². The molecule has 22 heavy (non-hydrogen) atoms. The number of rotatable bonds is 6. The van der Waals surface area contributed by atoms with Crippen LogP contribution in [0.15, 0.2) is 59.8 Å². The number of anilines is 1. The van der Waals surface area contributed by atoms with Crippen LogP contribution in [0.4, 0.5) is 5.69 Å². The topological polar surface area (TPSA) is 99.7 Å². The van der Waals surface area contributed by atoms with Gasteiger partial charge in [0.25, 0.3) is 0 Å². The van der Waals surface area contributed by atoms with Crippen molar-refractivity contribution in [1.29, 1.82) is 0 Å². The third kappa shape index (κ3) is 4.52. The standard InChI is InChI=1S/C16H18N4O2/c17-16(20-22)13-6-8-14(9-7-13)18-11-15(21)19-10-12-4-2-1-3-5-12/h1-9,18,22H,10-11H2,(H2,17,20)(H,19,21). The second kappa shape index (κ2) is 7.68. The molecule has 6 nitrogen and oxygen atoms in total. The molecular weight excluding hydrogens is 280 g/mol. The van der Waals surface area contributed by atoms with E-state index in [2.05, 4.69) is 15.8 Å². The maximum atomic E-state index is 11.8. The summed E-state index contributed by atoms with van der Waals surface area (Å²) in [6.07, 6.45) is 0. The lowest BCUT2D eigenvalue weighted by molar-refractivity contribution is -0.119. The lowest BCUT2D eigenvalue weighted by Crippen LogP contribution is -2.29. The first kappa shape index (κ1) is 15.4. The predicted octanol–water partition coefficient (Wildman–Crippen LogP) is 1.51. The molecule has 0 fully saturated rings. The van der Waals surface area contributed by atoms with Crippen molar-refractivity contribution in [3.8, 4) is 0 Å². The Hall–Kier alpha value is -3.02. The van der Waals surface area contributed by atoms with Gasteiger partial charge >= 0.3 is 0 Å². The summed E-state index contributed by atoms with van der Waals surface area (Å²) in [7, 11) is 0. The average molecular weight is 298 g/mol. The van der Waals surface area contributed by atoms with E-state index in [1.54, 1.807) is 24.3 Å². The zero-order chi connectivity index (χ0) is 15.8. The molecule has 2 aromatic carbocycles. The van der Waals surface area contributed by atoms with Crippen LogP contribution < -0.4 is 16.4 Å². The Balaban J connectivity index is 1.79. The first-order chi connectivity index (χ1) is 10.7. The van der Waals surface area contributed by atoms with Gasteiger partial charge in [0.2, 0.25) is 5.91 Å². The van der Waals surface area contributed by atoms with Crippen LogP contribution in [0.2, 0.25) is 0 Å². The fourth-order valence-corrected chi connectivity index (χ4v) is 1.86. The molecule has 114 valence electrons. The number of nitrogens with zero attached hydrogens (tertiary/aromatic N) is 1. The third-order valence-electron chi connectivity index (χ3n) is 3.07. The Morgan fingerprint density at radius 2 is 1.77 bits per heavy atom. The van der Waals surface area contributed by atoms with E-state index in [1.165, 1.54) is 0 Å². The minimum absolute atomic E-state index is 0.0483. The molecule has 0 radical (unpaired) electrons. The fraction of sp³-hybridized carbons (Fsp3) is 0.125. The van der Waals surface area contributed by atoms with Crippen molar-refractivity contribution in [2.45, 2.75) is 6.54 Å². The number of benzene rings is 2. The Labute approximate surface area is 128 Å². The summed E-state index contributed by atoms with van der Waals surface area (Å²) in [5, 5.41) is 17.4. The van der Waals surface area contributed by atoms with Crippen molar-refractivity contribution in [3.63, 3.8) is 0 Å². The number of carbonyl (C=O) groups excluding carboxylic acids is 1. The highest BCUT2D eigenvalue weighted by atomic mass is 16.4. The SMILES string of the molecule is N/C(=N\O)c1ccc(NCC(=O)NCc2ccccc2)cc1. The number of nitrogens with two attached hydrogens (primary N) is 1. The number of carbonyl (C=O) groups is 1. The molecule has 0 heterocycles. The van der Waals surface area contributed by atoms with E-state index >= 15 is 0 Å². The van der Waals surface area contributed by atoms with Gasteiger partial charge in [0.05, 0.1) is 6.54 Å². The lowest BCUT2D eigenvalue weighted by atomic mass is 10.2. The zero-order valence-electron chi connectivity index (χ0n) is 12.0. The second-order valence-electron chi connectivity index (χ2n) is 4.68. The van der Waals surface area contributed by atoms with Crippen LogP contribution >= 0.6 is 0 Å². The number of oxime groups is 1. The maximum absolute atomic E-state index is 11.8. The van der Waals surface area contributed by atoms with Crippen LogP contribution in [-0.2, 0) is 11.3 Å². The summed E-state index contributed by atoms with van der Waals surface area (Å²) in [6, 6.07) is 16.7. The Morgan fingerprint density at radius 3 is 2.41 bits per heavy atom. The molecular formula is C16H18N4O2. The fourth-order valence-electron chi connectivity index (χ4n) is 1.86. The lowest BCUT2D eigenvalue weighted by Gasteiger charge is -2.08. The van der Waals surface area contributed by atoms with E-state index < -0.39 is 0 Å². The monoisotopic (exact) mass is 298 g/mol. The first-order valence-electron chi connectivity index (χ1n) is 6.81. The van der Waals surface area contributed by atoms with Gasteiger partial charge in [-0.2, -0.15) is 0 Å². The molecule has 0 unspecified atom stereocenters. The Kier molecular flexibility index (Phi) is 5.37. The normalized spacial score (nSPS) is 11.0.